The molecule has 1 aromatic rings. The molecule has 0 aromatic heterocycles. The van der Waals surface area contributed by atoms with Crippen molar-refractivity contribution >= 4 is 23.6 Å². The molecule has 1 aliphatic heterocycles. The Balaban J connectivity index is 2.34. The van der Waals surface area contributed by atoms with Crippen molar-refractivity contribution < 1.29 is 23.8 Å². The summed E-state index contributed by atoms with van der Waals surface area (Å²) < 4.78 is 16.0. The lowest BCUT2D eigenvalue weighted by Crippen LogP contribution is -2.48. The summed E-state index contributed by atoms with van der Waals surface area (Å²) in [5.41, 5.74) is 0.410. The van der Waals surface area contributed by atoms with E-state index >= 15 is 0 Å². The van der Waals surface area contributed by atoms with Crippen LogP contribution in [0.5, 0.6) is 11.5 Å². The van der Waals surface area contributed by atoms with Gasteiger partial charge in [-0.3, -0.25) is 4.79 Å². The number of methoxy groups -OCH3 is 2. The predicted molar refractivity (Wildman–Crippen MR) is 106 cm³/mol. The molecule has 0 saturated carbocycles. The summed E-state index contributed by atoms with van der Waals surface area (Å²) in [5, 5.41) is -0.0964. The first-order valence-corrected chi connectivity index (χ1v) is 10.2. The lowest BCUT2D eigenvalue weighted by Gasteiger charge is -2.31. The molecular weight excluding hydrogens is 366 g/mol. The van der Waals surface area contributed by atoms with E-state index < -0.39 is 6.04 Å². The zero-order valence-electron chi connectivity index (χ0n) is 16.9. The van der Waals surface area contributed by atoms with Crippen LogP contribution in [-0.2, 0) is 9.53 Å². The Hall–Kier alpha value is -1.89. The van der Waals surface area contributed by atoms with E-state index in [1.165, 1.54) is 7.11 Å². The molecule has 1 heterocycles. The average molecular weight is 396 g/mol. The van der Waals surface area contributed by atoms with E-state index in [0.29, 0.717) is 29.4 Å². The highest BCUT2D eigenvalue weighted by atomic mass is 32.2. The molecule has 1 fully saturated rings. The number of hydrogen-bond donors (Lipinski definition) is 0. The van der Waals surface area contributed by atoms with Gasteiger partial charge in [-0.1, -0.05) is 27.7 Å². The first-order valence-electron chi connectivity index (χ1n) is 9.13. The topological polar surface area (TPSA) is 65.1 Å². The minimum atomic E-state index is -0.597. The van der Waals surface area contributed by atoms with Crippen molar-refractivity contribution in [3.63, 3.8) is 0 Å². The molecule has 6 nitrogen and oxygen atoms in total. The lowest BCUT2D eigenvalue weighted by molar-refractivity contribution is -0.149. The summed E-state index contributed by atoms with van der Waals surface area (Å²) in [7, 11) is 3.07. The van der Waals surface area contributed by atoms with Crippen molar-refractivity contribution in [3.8, 4) is 11.5 Å². The zero-order chi connectivity index (χ0) is 20.1. The molecule has 0 bridgehead atoms. The molecule has 2 atom stereocenters. The molecule has 0 radical (unpaired) electrons. The number of hydrogen-bond acceptors (Lipinski definition) is 6. The molecule has 1 amide bonds. The quantitative estimate of drug-likeness (QED) is 0.659. The molecular formula is C20H29NO5S. The van der Waals surface area contributed by atoms with Crippen LogP contribution in [0.4, 0.5) is 0 Å². The van der Waals surface area contributed by atoms with Crippen LogP contribution < -0.4 is 9.47 Å². The van der Waals surface area contributed by atoms with Gasteiger partial charge in [0.1, 0.15) is 17.5 Å². The number of esters is 1. The van der Waals surface area contributed by atoms with E-state index in [0.717, 1.165) is 0 Å². The van der Waals surface area contributed by atoms with Gasteiger partial charge in [-0.15, -0.1) is 11.8 Å². The molecule has 0 spiro atoms. The zero-order valence-corrected chi connectivity index (χ0v) is 17.7. The van der Waals surface area contributed by atoms with Crippen LogP contribution in [-0.4, -0.2) is 54.8 Å². The van der Waals surface area contributed by atoms with E-state index in [4.69, 9.17) is 14.2 Å². The van der Waals surface area contributed by atoms with Gasteiger partial charge < -0.3 is 19.1 Å². The lowest BCUT2D eigenvalue weighted by atomic mass is 10.1. The molecule has 150 valence electrons. The second-order valence-electron chi connectivity index (χ2n) is 7.29. The number of ether oxygens (including phenoxy) is 3. The van der Waals surface area contributed by atoms with Crippen LogP contribution in [0.25, 0.3) is 0 Å². The fourth-order valence-corrected chi connectivity index (χ4v) is 4.40. The van der Waals surface area contributed by atoms with Crippen LogP contribution in [0, 0.1) is 11.8 Å². The Morgan fingerprint density at radius 3 is 2.44 bits per heavy atom. The van der Waals surface area contributed by atoms with Gasteiger partial charge in [0.25, 0.3) is 5.91 Å². The fourth-order valence-electron chi connectivity index (χ4n) is 2.94. The first-order chi connectivity index (χ1) is 12.8. The minimum Gasteiger partial charge on any atom is -0.497 e. The highest BCUT2D eigenvalue weighted by molar-refractivity contribution is 8.00. The van der Waals surface area contributed by atoms with Crippen LogP contribution in [0.1, 0.15) is 38.1 Å². The third-order valence-corrected chi connectivity index (χ3v) is 5.93. The van der Waals surface area contributed by atoms with Crippen LogP contribution >= 0.6 is 11.8 Å². The van der Waals surface area contributed by atoms with Gasteiger partial charge in [0, 0.05) is 11.8 Å². The van der Waals surface area contributed by atoms with Crippen molar-refractivity contribution in [2.24, 2.45) is 11.8 Å². The Morgan fingerprint density at radius 1 is 1.19 bits per heavy atom. The molecule has 7 heteroatoms. The van der Waals surface area contributed by atoms with Crippen molar-refractivity contribution in [2.75, 3.05) is 26.6 Å². The third-order valence-electron chi connectivity index (χ3n) is 4.31. The van der Waals surface area contributed by atoms with Crippen LogP contribution in [0.15, 0.2) is 18.2 Å². The van der Waals surface area contributed by atoms with Gasteiger partial charge in [0.15, 0.2) is 0 Å². The van der Waals surface area contributed by atoms with Crippen molar-refractivity contribution in [1.29, 1.82) is 0 Å². The molecule has 1 saturated heterocycles. The number of benzene rings is 1. The van der Waals surface area contributed by atoms with Gasteiger partial charge >= 0.3 is 5.97 Å². The monoisotopic (exact) mass is 395 g/mol. The summed E-state index contributed by atoms with van der Waals surface area (Å²) in [6.45, 7) is 8.41. The molecule has 1 aromatic carbocycles. The molecule has 0 N–H and O–H groups in total. The fraction of sp³-hybridized carbons (Fsp3) is 0.600. The molecule has 27 heavy (non-hydrogen) atoms. The summed E-state index contributed by atoms with van der Waals surface area (Å²) in [6.07, 6.45) is 0. The largest absolute Gasteiger partial charge is 0.497 e. The minimum absolute atomic E-state index is 0.0964. The number of carbonyl (C=O) groups excluding carboxylic acids is 2. The average Bonchev–Trinajstić information content (AvgIpc) is 3.10. The van der Waals surface area contributed by atoms with E-state index in [9.17, 15) is 9.59 Å². The van der Waals surface area contributed by atoms with E-state index in [1.807, 2.05) is 27.7 Å². The Bertz CT molecular complexity index is 676. The van der Waals surface area contributed by atoms with Gasteiger partial charge in [-0.05, 0) is 24.0 Å². The summed E-state index contributed by atoms with van der Waals surface area (Å²) in [4.78, 5) is 27.7. The second-order valence-corrected chi connectivity index (χ2v) is 8.44. The smallest absolute Gasteiger partial charge is 0.329 e. The van der Waals surface area contributed by atoms with E-state index in [2.05, 4.69) is 0 Å². The first kappa shape index (κ1) is 21.4. The van der Waals surface area contributed by atoms with Gasteiger partial charge in [0.05, 0.1) is 31.8 Å². The standard InChI is InChI=1S/C20H29NO5S/c1-12(2)10-26-20(23)16-11-27-19(13(3)4)21(16)18(22)15-8-7-14(24-5)9-17(15)25-6/h7-9,12-13,16,19H,10-11H2,1-6H3. The summed E-state index contributed by atoms with van der Waals surface area (Å²) >= 11 is 1.61. The normalized spacial score (nSPS) is 19.5. The van der Waals surface area contributed by atoms with Crippen LogP contribution in [0.3, 0.4) is 0 Å². The number of rotatable bonds is 7. The number of carbonyl (C=O) groups is 2. The van der Waals surface area contributed by atoms with Crippen molar-refractivity contribution in [1.82, 2.24) is 4.90 Å². The Morgan fingerprint density at radius 2 is 1.89 bits per heavy atom. The maximum absolute atomic E-state index is 13.4. The van der Waals surface area contributed by atoms with Crippen LogP contribution in [0.2, 0.25) is 0 Å². The maximum atomic E-state index is 13.4. The van der Waals surface area contributed by atoms with Gasteiger partial charge in [-0.2, -0.15) is 0 Å². The number of thioether (sulfide) groups is 1. The number of amides is 1. The van der Waals surface area contributed by atoms with Crippen molar-refractivity contribution in [3.05, 3.63) is 23.8 Å². The van der Waals surface area contributed by atoms with Gasteiger partial charge in [-0.25, -0.2) is 4.79 Å². The molecule has 0 aliphatic carbocycles. The van der Waals surface area contributed by atoms with E-state index in [1.54, 1.807) is 42.0 Å². The molecule has 1 aliphatic rings. The maximum Gasteiger partial charge on any atom is 0.329 e. The predicted octanol–water partition coefficient (Wildman–Crippen LogP) is 3.44. The summed E-state index contributed by atoms with van der Waals surface area (Å²) in [6, 6.07) is 4.47. The van der Waals surface area contributed by atoms with Crippen molar-refractivity contribution in [2.45, 2.75) is 39.1 Å². The Kier molecular flexibility index (Phi) is 7.41. The molecule has 2 unspecified atom stereocenters. The second kappa shape index (κ2) is 9.35. The third kappa shape index (κ3) is 4.89. The highest BCUT2D eigenvalue weighted by Gasteiger charge is 2.44. The van der Waals surface area contributed by atoms with E-state index in [-0.39, 0.29) is 29.1 Å². The Labute approximate surface area is 165 Å². The molecule has 2 rings (SSSR count). The van der Waals surface area contributed by atoms with Gasteiger partial charge in [0.2, 0.25) is 0 Å². The SMILES string of the molecule is COc1ccc(C(=O)N2C(C(=O)OCC(C)C)CSC2C(C)C)c(OC)c1. The number of nitrogens with zero attached hydrogens (tertiary/aromatic N) is 1. The highest BCUT2D eigenvalue weighted by Crippen LogP contribution is 2.37. The summed E-state index contributed by atoms with van der Waals surface area (Å²) in [5.74, 6) is 1.43.